The van der Waals surface area contributed by atoms with Gasteiger partial charge in [0.2, 0.25) is 23.8 Å². The first-order valence-corrected chi connectivity index (χ1v) is 14.0. The van der Waals surface area contributed by atoms with Crippen LogP contribution >= 0.6 is 0 Å². The highest BCUT2D eigenvalue weighted by Gasteiger charge is 2.26. The Hall–Kier alpha value is -4.66. The highest BCUT2D eigenvalue weighted by molar-refractivity contribution is 5.84. The van der Waals surface area contributed by atoms with Gasteiger partial charge in [-0.2, -0.15) is 15.0 Å². The van der Waals surface area contributed by atoms with Crippen LogP contribution in [0.15, 0.2) is 66.7 Å². The van der Waals surface area contributed by atoms with Crippen molar-refractivity contribution < 1.29 is 4.79 Å². The van der Waals surface area contributed by atoms with Crippen molar-refractivity contribution in [3.05, 3.63) is 89.0 Å². The Morgan fingerprint density at radius 3 is 1.63 bits per heavy atom. The first kappa shape index (κ1) is 27.9. The van der Waals surface area contributed by atoms with E-state index in [-0.39, 0.29) is 5.91 Å². The van der Waals surface area contributed by atoms with Crippen molar-refractivity contribution >= 4 is 40.8 Å². The summed E-state index contributed by atoms with van der Waals surface area (Å²) in [6.45, 7) is 13.0. The van der Waals surface area contributed by atoms with Crippen LogP contribution in [0.25, 0.3) is 0 Å². The molecule has 0 spiro atoms. The lowest BCUT2D eigenvalue weighted by molar-refractivity contribution is -0.131. The average molecular weight is 551 g/mol. The summed E-state index contributed by atoms with van der Waals surface area (Å²) in [6, 6.07) is 22.2. The topological polar surface area (TPSA) is 98.3 Å². The van der Waals surface area contributed by atoms with Gasteiger partial charge < -0.3 is 25.8 Å². The van der Waals surface area contributed by atoms with Gasteiger partial charge >= 0.3 is 0 Å². The van der Waals surface area contributed by atoms with E-state index in [9.17, 15) is 4.79 Å². The van der Waals surface area contributed by atoms with Gasteiger partial charge in [0.1, 0.15) is 6.04 Å². The molecule has 41 heavy (non-hydrogen) atoms. The number of rotatable bonds is 8. The molecule has 5 rings (SSSR count). The second kappa shape index (κ2) is 12.2. The predicted octanol–water partition coefficient (Wildman–Crippen LogP) is 5.74. The molecular formula is C32H38N8O. The number of piperazine rings is 1. The minimum Gasteiger partial charge on any atom is -0.368 e. The number of hydrogen-bond acceptors (Lipinski definition) is 8. The van der Waals surface area contributed by atoms with E-state index < -0.39 is 6.04 Å². The molecule has 0 aliphatic carbocycles. The van der Waals surface area contributed by atoms with Crippen molar-refractivity contribution in [1.82, 2.24) is 19.9 Å². The third kappa shape index (κ3) is 7.30. The average Bonchev–Trinajstić information content (AvgIpc) is 2.92. The van der Waals surface area contributed by atoms with Crippen molar-refractivity contribution in [1.29, 1.82) is 0 Å². The van der Waals surface area contributed by atoms with Crippen LogP contribution in [0.4, 0.5) is 34.9 Å². The Morgan fingerprint density at radius 1 is 0.683 bits per heavy atom. The summed E-state index contributed by atoms with van der Waals surface area (Å²) in [5.41, 5.74) is 7.51. The first-order valence-electron chi connectivity index (χ1n) is 14.0. The van der Waals surface area contributed by atoms with Gasteiger partial charge in [0, 0.05) is 43.2 Å². The van der Waals surface area contributed by atoms with E-state index in [1.165, 1.54) is 5.69 Å². The quantitative estimate of drug-likeness (QED) is 0.255. The van der Waals surface area contributed by atoms with Crippen LogP contribution in [0.2, 0.25) is 0 Å². The first-order chi connectivity index (χ1) is 19.7. The van der Waals surface area contributed by atoms with Crippen LogP contribution in [-0.2, 0) is 4.79 Å². The van der Waals surface area contributed by atoms with Crippen LogP contribution in [0, 0.1) is 27.7 Å². The second-order valence-corrected chi connectivity index (χ2v) is 10.8. The van der Waals surface area contributed by atoms with Crippen LogP contribution in [0.1, 0.15) is 29.2 Å². The Kier molecular flexibility index (Phi) is 8.33. The highest BCUT2D eigenvalue weighted by Crippen LogP contribution is 2.23. The highest BCUT2D eigenvalue weighted by atomic mass is 16.2. The number of para-hydroxylation sites is 1. The molecule has 1 amide bonds. The van der Waals surface area contributed by atoms with Crippen LogP contribution < -0.4 is 20.9 Å². The van der Waals surface area contributed by atoms with Gasteiger partial charge in [-0.3, -0.25) is 4.79 Å². The summed E-state index contributed by atoms with van der Waals surface area (Å²) in [4.78, 5) is 31.5. The van der Waals surface area contributed by atoms with Gasteiger partial charge in [-0.05, 0) is 93.3 Å². The summed E-state index contributed by atoms with van der Waals surface area (Å²) in [5, 5.41) is 9.87. The molecule has 1 aromatic heterocycles. The molecule has 1 aliphatic heterocycles. The molecule has 2 heterocycles. The molecule has 9 nitrogen and oxygen atoms in total. The van der Waals surface area contributed by atoms with E-state index in [2.05, 4.69) is 87.8 Å². The predicted molar refractivity (Wildman–Crippen MR) is 167 cm³/mol. The van der Waals surface area contributed by atoms with Crippen molar-refractivity contribution in [3.8, 4) is 0 Å². The van der Waals surface area contributed by atoms with Gasteiger partial charge in [0.05, 0.1) is 0 Å². The third-order valence-electron chi connectivity index (χ3n) is 7.02. The zero-order valence-electron chi connectivity index (χ0n) is 24.4. The molecule has 0 radical (unpaired) electrons. The number of aryl methyl sites for hydroxylation is 4. The van der Waals surface area contributed by atoms with E-state index in [4.69, 9.17) is 0 Å². The maximum absolute atomic E-state index is 13.4. The number of nitrogens with zero attached hydrogens (tertiary/aromatic N) is 5. The van der Waals surface area contributed by atoms with Gasteiger partial charge in [0.25, 0.3) is 0 Å². The van der Waals surface area contributed by atoms with Gasteiger partial charge in [0.15, 0.2) is 0 Å². The zero-order chi connectivity index (χ0) is 28.9. The number of carbonyl (C=O) groups is 1. The molecule has 3 aromatic carbocycles. The normalized spacial score (nSPS) is 14.0. The summed E-state index contributed by atoms with van der Waals surface area (Å²) in [6.07, 6.45) is 0. The standard InChI is InChI=1S/C32H38N8O/c1-21-15-22(2)18-26(17-21)34-31-36-30(37-32(38-31)35-27-19-23(3)16-24(4)20-27)33-25(5)29(41)40-13-11-39(12-14-40)28-9-7-6-8-10-28/h6-10,15-20,25H,11-14H2,1-5H3,(H3,33,34,35,36,37,38)/t25-/m0/s1. The van der Waals surface area contributed by atoms with Gasteiger partial charge in [-0.1, -0.05) is 30.3 Å². The number of carbonyl (C=O) groups excluding carboxylic acids is 1. The number of nitrogens with one attached hydrogen (secondary N) is 3. The fourth-order valence-electron chi connectivity index (χ4n) is 5.26. The lowest BCUT2D eigenvalue weighted by atomic mass is 10.1. The maximum Gasteiger partial charge on any atom is 0.244 e. The van der Waals surface area contributed by atoms with Crippen LogP contribution in [-0.4, -0.2) is 58.0 Å². The minimum atomic E-state index is -0.510. The smallest absolute Gasteiger partial charge is 0.244 e. The van der Waals surface area contributed by atoms with E-state index >= 15 is 0 Å². The summed E-state index contributed by atoms with van der Waals surface area (Å²) in [5.74, 6) is 1.11. The molecule has 1 saturated heterocycles. The molecule has 1 atom stereocenters. The molecule has 212 valence electrons. The molecule has 1 aliphatic rings. The Bertz CT molecular complexity index is 1400. The van der Waals surface area contributed by atoms with Crippen LogP contribution in [0.3, 0.4) is 0 Å². The largest absolute Gasteiger partial charge is 0.368 e. The number of hydrogen-bond donors (Lipinski definition) is 3. The number of aromatic nitrogens is 3. The number of amides is 1. The summed E-state index contributed by atoms with van der Waals surface area (Å²) in [7, 11) is 0. The molecule has 3 N–H and O–H groups in total. The van der Waals surface area contributed by atoms with Gasteiger partial charge in [-0.25, -0.2) is 0 Å². The van der Waals surface area contributed by atoms with E-state index in [0.717, 1.165) is 46.7 Å². The molecule has 9 heteroatoms. The molecular weight excluding hydrogens is 512 g/mol. The molecule has 1 fully saturated rings. The monoisotopic (exact) mass is 550 g/mol. The Balaban J connectivity index is 1.33. The second-order valence-electron chi connectivity index (χ2n) is 10.8. The third-order valence-corrected chi connectivity index (χ3v) is 7.02. The fraction of sp³-hybridized carbons (Fsp3) is 0.312. The molecule has 0 saturated carbocycles. The number of anilines is 6. The Morgan fingerprint density at radius 2 is 1.15 bits per heavy atom. The SMILES string of the molecule is Cc1cc(C)cc(Nc2nc(Nc3cc(C)cc(C)c3)nc(N[C@@H](C)C(=O)N3CCN(c4ccccc4)CC3)n2)c1. The molecule has 0 bridgehead atoms. The number of benzene rings is 3. The van der Waals surface area contributed by atoms with Crippen molar-refractivity contribution in [2.45, 2.75) is 40.7 Å². The Labute approximate surface area is 242 Å². The van der Waals surface area contributed by atoms with Crippen molar-refractivity contribution in [2.75, 3.05) is 47.0 Å². The lowest BCUT2D eigenvalue weighted by Crippen LogP contribution is -2.52. The zero-order valence-corrected chi connectivity index (χ0v) is 24.4. The molecule has 4 aromatic rings. The summed E-state index contributed by atoms with van der Waals surface area (Å²) >= 11 is 0. The van der Waals surface area contributed by atoms with Crippen molar-refractivity contribution in [2.24, 2.45) is 0 Å². The van der Waals surface area contributed by atoms with E-state index in [1.807, 2.05) is 54.3 Å². The maximum atomic E-state index is 13.4. The summed E-state index contributed by atoms with van der Waals surface area (Å²) < 4.78 is 0. The minimum absolute atomic E-state index is 0.0192. The van der Waals surface area contributed by atoms with Crippen LogP contribution in [0.5, 0.6) is 0 Å². The molecule has 0 unspecified atom stereocenters. The fourth-order valence-corrected chi connectivity index (χ4v) is 5.26. The van der Waals surface area contributed by atoms with E-state index in [0.29, 0.717) is 30.9 Å². The van der Waals surface area contributed by atoms with Gasteiger partial charge in [-0.15, -0.1) is 0 Å². The van der Waals surface area contributed by atoms with E-state index in [1.54, 1.807) is 0 Å². The lowest BCUT2D eigenvalue weighted by Gasteiger charge is -2.37. The van der Waals surface area contributed by atoms with Crippen molar-refractivity contribution in [3.63, 3.8) is 0 Å².